The summed E-state index contributed by atoms with van der Waals surface area (Å²) in [7, 11) is 0. The fraction of sp³-hybridized carbons (Fsp3) is 0.938. The normalized spacial score (nSPS) is 19.2. The molecule has 0 aliphatic carbocycles. The molecule has 0 amide bonds. The van der Waals surface area contributed by atoms with E-state index in [2.05, 4.69) is 6.07 Å². The van der Waals surface area contributed by atoms with Crippen LogP contribution in [0.5, 0.6) is 0 Å². The summed E-state index contributed by atoms with van der Waals surface area (Å²) in [6.07, 6.45) is 13.4. The Morgan fingerprint density at radius 3 is 2.53 bits per heavy atom. The Morgan fingerprint density at radius 1 is 1.00 bits per heavy atom. The van der Waals surface area contributed by atoms with Crippen LogP contribution < -0.4 is 0 Å². The summed E-state index contributed by atoms with van der Waals surface area (Å²) in [6.45, 7) is 2.67. The predicted molar refractivity (Wildman–Crippen MR) is 77.0 cm³/mol. The molecular weight excluding hydrogens is 238 g/mol. The largest absolute Gasteiger partial charge is 0.381 e. The van der Waals surface area contributed by atoms with Gasteiger partial charge in [-0.2, -0.15) is 5.26 Å². The summed E-state index contributed by atoms with van der Waals surface area (Å²) in [5.41, 5.74) is 0. The Morgan fingerprint density at radius 2 is 1.79 bits per heavy atom. The quantitative estimate of drug-likeness (QED) is 0.526. The van der Waals surface area contributed by atoms with Gasteiger partial charge in [0.1, 0.15) is 0 Å². The highest BCUT2D eigenvalue weighted by molar-refractivity contribution is 4.67. The topological polar surface area (TPSA) is 42.2 Å². The van der Waals surface area contributed by atoms with E-state index in [1.807, 2.05) is 0 Å². The summed E-state index contributed by atoms with van der Waals surface area (Å²) >= 11 is 0. The van der Waals surface area contributed by atoms with Gasteiger partial charge in [-0.3, -0.25) is 0 Å². The van der Waals surface area contributed by atoms with Crippen LogP contribution in [0.25, 0.3) is 0 Å². The lowest BCUT2D eigenvalue weighted by molar-refractivity contribution is 0.00969. The first-order chi connectivity index (χ1) is 9.43. The summed E-state index contributed by atoms with van der Waals surface area (Å²) < 4.78 is 11.3. The lowest BCUT2D eigenvalue weighted by Crippen LogP contribution is -2.18. The van der Waals surface area contributed by atoms with Crippen LogP contribution in [-0.2, 0) is 9.47 Å². The van der Waals surface area contributed by atoms with Gasteiger partial charge in [0.15, 0.2) is 0 Å². The van der Waals surface area contributed by atoms with Gasteiger partial charge in [-0.1, -0.05) is 19.3 Å². The highest BCUT2D eigenvalue weighted by Crippen LogP contribution is 2.18. The molecule has 1 atom stereocenters. The van der Waals surface area contributed by atoms with E-state index in [1.165, 1.54) is 51.4 Å². The molecule has 1 rings (SSSR count). The summed E-state index contributed by atoms with van der Waals surface area (Å²) in [6, 6.07) is 2.15. The van der Waals surface area contributed by atoms with E-state index >= 15 is 0 Å². The van der Waals surface area contributed by atoms with Crippen LogP contribution in [0.2, 0.25) is 0 Å². The van der Waals surface area contributed by atoms with Crippen LogP contribution in [0.15, 0.2) is 0 Å². The molecule has 0 aromatic heterocycles. The number of unbranched alkanes of at least 4 members (excludes halogenated alkanes) is 5. The van der Waals surface area contributed by atoms with E-state index in [-0.39, 0.29) is 0 Å². The molecule has 1 fully saturated rings. The van der Waals surface area contributed by atoms with Gasteiger partial charge in [0.2, 0.25) is 0 Å². The number of hydrogen-bond acceptors (Lipinski definition) is 3. The number of hydrogen-bond donors (Lipinski definition) is 0. The molecule has 19 heavy (non-hydrogen) atoms. The van der Waals surface area contributed by atoms with Crippen molar-refractivity contribution in [3.63, 3.8) is 0 Å². The average Bonchev–Trinajstić information content (AvgIpc) is 2.46. The second-order valence-corrected chi connectivity index (χ2v) is 5.42. The molecule has 0 N–H and O–H groups in total. The molecule has 1 heterocycles. The van der Waals surface area contributed by atoms with Crippen LogP contribution in [-0.4, -0.2) is 25.9 Å². The summed E-state index contributed by atoms with van der Waals surface area (Å²) in [5, 5.41) is 8.38. The van der Waals surface area contributed by atoms with E-state index in [1.54, 1.807) is 0 Å². The van der Waals surface area contributed by atoms with Crippen LogP contribution >= 0.6 is 0 Å². The molecule has 3 heteroatoms. The van der Waals surface area contributed by atoms with Crippen LogP contribution in [0.4, 0.5) is 0 Å². The van der Waals surface area contributed by atoms with Crippen molar-refractivity contribution in [3.05, 3.63) is 0 Å². The molecule has 0 spiro atoms. The van der Waals surface area contributed by atoms with Crippen molar-refractivity contribution in [1.29, 1.82) is 5.26 Å². The second-order valence-electron chi connectivity index (χ2n) is 5.42. The van der Waals surface area contributed by atoms with Gasteiger partial charge in [-0.05, 0) is 44.9 Å². The molecule has 0 aromatic carbocycles. The SMILES string of the molecule is N#CCCCCOCCCCCCC1CCCCO1. The smallest absolute Gasteiger partial charge is 0.0621 e. The fourth-order valence-corrected chi connectivity index (χ4v) is 2.48. The Balaban J connectivity index is 1.72. The zero-order valence-electron chi connectivity index (χ0n) is 12.2. The third-order valence-electron chi connectivity index (χ3n) is 3.67. The Bertz CT molecular complexity index is 231. The van der Waals surface area contributed by atoms with Crippen molar-refractivity contribution in [3.8, 4) is 6.07 Å². The Hall–Kier alpha value is -0.590. The van der Waals surface area contributed by atoms with Gasteiger partial charge in [0, 0.05) is 26.2 Å². The number of ether oxygens (including phenoxy) is 2. The van der Waals surface area contributed by atoms with Crippen molar-refractivity contribution < 1.29 is 9.47 Å². The first kappa shape index (κ1) is 16.5. The number of nitriles is 1. The van der Waals surface area contributed by atoms with Gasteiger partial charge in [-0.25, -0.2) is 0 Å². The molecule has 1 saturated heterocycles. The van der Waals surface area contributed by atoms with Crippen molar-refractivity contribution in [2.24, 2.45) is 0 Å². The van der Waals surface area contributed by atoms with E-state index in [9.17, 15) is 0 Å². The number of rotatable bonds is 11. The first-order valence-electron chi connectivity index (χ1n) is 8.00. The van der Waals surface area contributed by atoms with E-state index in [0.717, 1.165) is 32.7 Å². The van der Waals surface area contributed by atoms with Gasteiger partial charge >= 0.3 is 0 Å². The lowest BCUT2D eigenvalue weighted by Gasteiger charge is -2.22. The zero-order valence-corrected chi connectivity index (χ0v) is 12.2. The maximum absolute atomic E-state index is 8.38. The summed E-state index contributed by atoms with van der Waals surface area (Å²) in [5.74, 6) is 0. The standard InChI is InChI=1S/C16H29NO2/c17-12-6-3-8-14-18-13-7-2-1-4-10-16-11-5-9-15-19-16/h16H,1-11,13-15H2. The van der Waals surface area contributed by atoms with Crippen LogP contribution in [0.3, 0.4) is 0 Å². The highest BCUT2D eigenvalue weighted by Gasteiger charge is 2.12. The Kier molecular flexibility index (Phi) is 10.8. The molecular formula is C16H29NO2. The molecule has 3 nitrogen and oxygen atoms in total. The molecule has 110 valence electrons. The van der Waals surface area contributed by atoms with Gasteiger partial charge in [-0.15, -0.1) is 0 Å². The van der Waals surface area contributed by atoms with E-state index in [0.29, 0.717) is 12.5 Å². The van der Waals surface area contributed by atoms with E-state index < -0.39 is 0 Å². The monoisotopic (exact) mass is 267 g/mol. The fourth-order valence-electron chi connectivity index (χ4n) is 2.48. The maximum atomic E-state index is 8.38. The molecule has 0 saturated carbocycles. The van der Waals surface area contributed by atoms with Crippen molar-refractivity contribution in [2.45, 2.75) is 76.7 Å². The van der Waals surface area contributed by atoms with Crippen molar-refractivity contribution in [1.82, 2.24) is 0 Å². The van der Waals surface area contributed by atoms with Gasteiger partial charge in [0.05, 0.1) is 12.2 Å². The molecule has 0 bridgehead atoms. The minimum atomic E-state index is 0.546. The van der Waals surface area contributed by atoms with Crippen molar-refractivity contribution >= 4 is 0 Å². The third-order valence-corrected chi connectivity index (χ3v) is 3.67. The number of nitrogens with zero attached hydrogens (tertiary/aromatic N) is 1. The van der Waals surface area contributed by atoms with Crippen LogP contribution in [0.1, 0.15) is 70.6 Å². The lowest BCUT2D eigenvalue weighted by atomic mass is 10.0. The van der Waals surface area contributed by atoms with Gasteiger partial charge in [0.25, 0.3) is 0 Å². The zero-order chi connectivity index (χ0) is 13.6. The van der Waals surface area contributed by atoms with Gasteiger partial charge < -0.3 is 9.47 Å². The molecule has 0 aromatic rings. The minimum Gasteiger partial charge on any atom is -0.381 e. The first-order valence-corrected chi connectivity index (χ1v) is 8.00. The second kappa shape index (κ2) is 12.4. The third kappa shape index (κ3) is 9.92. The highest BCUT2D eigenvalue weighted by atomic mass is 16.5. The average molecular weight is 267 g/mol. The maximum Gasteiger partial charge on any atom is 0.0621 e. The van der Waals surface area contributed by atoms with Crippen molar-refractivity contribution in [2.75, 3.05) is 19.8 Å². The Labute approximate surface area is 118 Å². The van der Waals surface area contributed by atoms with Crippen LogP contribution in [0, 0.1) is 11.3 Å². The molecule has 1 aliphatic heterocycles. The predicted octanol–water partition coefficient (Wildman–Crippen LogP) is 4.22. The molecule has 1 unspecified atom stereocenters. The summed E-state index contributed by atoms with van der Waals surface area (Å²) in [4.78, 5) is 0. The molecule has 0 radical (unpaired) electrons. The van der Waals surface area contributed by atoms with E-state index in [4.69, 9.17) is 14.7 Å². The minimum absolute atomic E-state index is 0.546. The molecule has 1 aliphatic rings.